The fraction of sp³-hybridized carbons (Fsp3) is 0.615. The number of imidazole rings is 1. The van der Waals surface area contributed by atoms with Crippen LogP contribution in [0.3, 0.4) is 0 Å². The average Bonchev–Trinajstić information content (AvgIpc) is 3.11. The van der Waals surface area contributed by atoms with Crippen LogP contribution in [0, 0.1) is 10.1 Å². The summed E-state index contributed by atoms with van der Waals surface area (Å²) in [5.74, 6) is -0.0785. The van der Waals surface area contributed by atoms with E-state index in [0.29, 0.717) is 31.1 Å². The van der Waals surface area contributed by atoms with Crippen molar-refractivity contribution in [2.45, 2.75) is 6.54 Å². The molecule has 14 heteroatoms. The van der Waals surface area contributed by atoms with E-state index in [1.54, 1.807) is 4.90 Å². The predicted octanol–water partition coefficient (Wildman–Crippen LogP) is -2.06. The van der Waals surface area contributed by atoms with E-state index >= 15 is 0 Å². The van der Waals surface area contributed by atoms with E-state index in [-0.39, 0.29) is 37.3 Å². The molecule has 1 aromatic heterocycles. The molecule has 11 nitrogen and oxygen atoms in total. The molecule has 0 aliphatic rings. The first-order valence-corrected chi connectivity index (χ1v) is 9.54. The van der Waals surface area contributed by atoms with E-state index in [2.05, 4.69) is 15.3 Å². The summed E-state index contributed by atoms with van der Waals surface area (Å²) in [5.41, 5.74) is 0. The van der Waals surface area contributed by atoms with Crippen LogP contribution in [-0.4, -0.2) is 75.4 Å². The Morgan fingerprint density at radius 2 is 2.07 bits per heavy atom. The van der Waals surface area contributed by atoms with E-state index in [0.717, 1.165) is 18.9 Å². The van der Waals surface area contributed by atoms with Crippen LogP contribution < -0.4 is 10.4 Å². The summed E-state index contributed by atoms with van der Waals surface area (Å²) >= 11 is 10.5. The Morgan fingerprint density at radius 3 is 2.63 bits per heavy atom. The molecule has 0 saturated heterocycles. The molecule has 1 aromatic rings. The molecule has 0 fully saturated rings. The molecule has 0 spiro atoms. The van der Waals surface area contributed by atoms with Crippen LogP contribution in [0.5, 0.6) is 0 Å². The molecule has 27 heavy (non-hydrogen) atoms. The summed E-state index contributed by atoms with van der Waals surface area (Å²) in [5, 5.41) is 24.9. The molecule has 1 heterocycles. The molecule has 1 amide bonds. The fourth-order valence-corrected chi connectivity index (χ4v) is 2.25. The topological polar surface area (TPSA) is 146 Å². The zero-order valence-electron chi connectivity index (χ0n) is 14.3. The molecular weight excluding hydrogens is 483 g/mol. The third-order valence-corrected chi connectivity index (χ3v) is 3.38. The Balaban J connectivity index is 0.00000326. The van der Waals surface area contributed by atoms with Gasteiger partial charge in [0.2, 0.25) is 12.2 Å². The van der Waals surface area contributed by atoms with Gasteiger partial charge in [0.05, 0.1) is 6.54 Å². The van der Waals surface area contributed by atoms with Crippen LogP contribution >= 0.6 is 0 Å². The van der Waals surface area contributed by atoms with E-state index in [1.165, 1.54) is 17.1 Å². The van der Waals surface area contributed by atoms with Crippen LogP contribution in [0.1, 0.15) is 0 Å². The molecule has 1 N–H and O–H groups in total. The Morgan fingerprint density at radius 1 is 1.37 bits per heavy atom. The number of hydrogen-bond acceptors (Lipinski definition) is 10. The average molecular weight is 502 g/mol. The second kappa shape index (κ2) is 15.7. The molecular formula is C13H19N6O5S2Tc. The van der Waals surface area contributed by atoms with Gasteiger partial charge in [-0.25, -0.2) is 0 Å². The molecule has 0 saturated carbocycles. The van der Waals surface area contributed by atoms with Gasteiger partial charge in [-0.2, -0.15) is 11.5 Å². The van der Waals surface area contributed by atoms with E-state index in [9.17, 15) is 20.0 Å². The molecule has 0 bridgehead atoms. The van der Waals surface area contributed by atoms with Gasteiger partial charge in [-0.3, -0.25) is 9.69 Å². The number of carbonyl (C=O) groups excluding carboxylic acids is 1. The van der Waals surface area contributed by atoms with Crippen molar-refractivity contribution in [2.24, 2.45) is 4.99 Å². The molecule has 0 unspecified atom stereocenters. The third-order valence-electron chi connectivity index (χ3n) is 3.01. The van der Waals surface area contributed by atoms with E-state index in [4.69, 9.17) is 28.8 Å². The van der Waals surface area contributed by atoms with E-state index < -0.39 is 4.92 Å². The van der Waals surface area contributed by atoms with Gasteiger partial charge < -0.3 is 55.4 Å². The van der Waals surface area contributed by atoms with Crippen molar-refractivity contribution in [2.75, 3.05) is 44.2 Å². The number of hydrogen-bond donors (Lipinski definition) is 1. The van der Waals surface area contributed by atoms with Crippen LogP contribution in [0.4, 0.5) is 5.82 Å². The number of amides is 1. The molecule has 1 rings (SSSR count). The Bertz CT molecular complexity index is 618. The van der Waals surface area contributed by atoms with Crippen molar-refractivity contribution in [3.8, 4) is 0 Å². The zero-order chi connectivity index (χ0) is 20.7. The van der Waals surface area contributed by atoms with E-state index in [1.807, 2.05) is 0 Å². The van der Waals surface area contributed by atoms with Crippen LogP contribution in [0.2, 0.25) is 0 Å². The number of carbonyl (C=O) groups is 1. The predicted molar refractivity (Wildman–Crippen MR) is 95.8 cm³/mol. The standard InChI is InChI=1S/C13H22N6O4S2.O.Tc/c20-12(8-17(4-6-25)9-13(21)15-2-5-24)14-1-3-18-7-11(16-10-18)19(22)23;;/h7,10,24-25H,1-6,8-9H2,(H,14,20)(H,15,21);;/q;;+3/p-3/i;;1+1. The SMILES string of the molecule is O=C(CN(CC[S-])CC([O-])=NCC[S-])NCCn1cnc([N+](=O)[O-])c1.[O]=[99Tc+3]. The fourth-order valence-electron chi connectivity index (χ4n) is 1.90. The normalized spacial score (nSPS) is 11.0. The van der Waals surface area contributed by atoms with Gasteiger partial charge in [-0.1, -0.05) is 0 Å². The van der Waals surface area contributed by atoms with Crippen molar-refractivity contribution in [1.82, 2.24) is 19.8 Å². The number of aliphatic imine (C=N–C) groups is 1. The summed E-state index contributed by atoms with van der Waals surface area (Å²) in [6.07, 6.45) is 2.61. The first-order valence-electron chi connectivity index (χ1n) is 7.63. The van der Waals surface area contributed by atoms with Gasteiger partial charge in [0, 0.05) is 26.2 Å². The van der Waals surface area contributed by atoms with Crippen molar-refractivity contribution in [3.63, 3.8) is 0 Å². The summed E-state index contributed by atoms with van der Waals surface area (Å²) < 4.78 is 9.73. The quantitative estimate of drug-likeness (QED) is 0.112. The second-order valence-corrected chi connectivity index (χ2v) is 5.79. The number of aromatic nitrogens is 2. The summed E-state index contributed by atoms with van der Waals surface area (Å²) in [6.45, 7) is 1.39. The Labute approximate surface area is 178 Å². The van der Waals surface area contributed by atoms with Gasteiger partial charge in [-0.15, -0.1) is 0 Å². The van der Waals surface area contributed by atoms with Gasteiger partial charge in [0.25, 0.3) is 0 Å². The minimum absolute atomic E-state index is 0.0209. The van der Waals surface area contributed by atoms with Gasteiger partial charge in [0.15, 0.2) is 0 Å². The number of nitrogens with zero attached hydrogens (tertiary/aromatic N) is 5. The molecule has 0 atom stereocenters. The van der Waals surface area contributed by atoms with Gasteiger partial charge in [-0.05, 0) is 22.3 Å². The second-order valence-electron chi connectivity index (χ2n) is 4.97. The first kappa shape index (κ1) is 25.7. The van der Waals surface area contributed by atoms with Crippen molar-refractivity contribution < 1.29 is 37.2 Å². The summed E-state index contributed by atoms with van der Waals surface area (Å²) in [7, 11) is 0. The number of nitro groups is 1. The third kappa shape index (κ3) is 11.9. The summed E-state index contributed by atoms with van der Waals surface area (Å²) in [4.78, 5) is 30.9. The van der Waals surface area contributed by atoms with Gasteiger partial charge in [0.1, 0.15) is 6.20 Å². The minimum atomic E-state index is -0.587. The van der Waals surface area contributed by atoms with Crippen molar-refractivity contribution >= 4 is 42.9 Å². The molecule has 150 valence electrons. The summed E-state index contributed by atoms with van der Waals surface area (Å²) in [6, 6.07) is 0. The zero-order valence-corrected chi connectivity index (χ0v) is 17.8. The van der Waals surface area contributed by atoms with Gasteiger partial charge >= 0.3 is 28.2 Å². The molecule has 0 radical (unpaired) electrons. The van der Waals surface area contributed by atoms with Crippen LogP contribution in [-0.2, 0) is 59.0 Å². The van der Waals surface area contributed by atoms with Crippen molar-refractivity contribution in [1.29, 1.82) is 0 Å². The number of nitrogens with one attached hydrogen (secondary N) is 1. The number of rotatable bonds is 12. The molecule has 0 aliphatic heterocycles. The Hall–Kier alpha value is -1.34. The molecule has 0 aromatic carbocycles. The molecule has 0 aliphatic carbocycles. The first-order chi connectivity index (χ1) is 13.0. The Kier molecular flexibility index (Phi) is 14.9. The van der Waals surface area contributed by atoms with Crippen molar-refractivity contribution in [3.05, 3.63) is 22.6 Å². The van der Waals surface area contributed by atoms with Crippen LogP contribution in [0.15, 0.2) is 17.5 Å². The maximum absolute atomic E-state index is 11.9. The monoisotopic (exact) mass is 502 g/mol. The maximum atomic E-state index is 11.9. The van der Waals surface area contributed by atoms with Crippen LogP contribution in [0.25, 0.3) is 0 Å².